The first kappa shape index (κ1) is 18.7. The summed E-state index contributed by atoms with van der Waals surface area (Å²) in [5.41, 5.74) is 0.974. The number of benzene rings is 2. The Morgan fingerprint density at radius 3 is 2.35 bits per heavy atom. The fourth-order valence-electron chi connectivity index (χ4n) is 2.92. The zero-order valence-corrected chi connectivity index (χ0v) is 16.4. The van der Waals surface area contributed by atoms with E-state index in [1.165, 1.54) is 17.8 Å². The molecule has 3 rings (SSSR count). The first-order valence-electron chi connectivity index (χ1n) is 8.50. The fourth-order valence-corrected chi connectivity index (χ4v) is 5.56. The highest BCUT2D eigenvalue weighted by atomic mass is 32.2. The van der Waals surface area contributed by atoms with Crippen molar-refractivity contribution in [3.8, 4) is 0 Å². The molecule has 0 N–H and O–H groups in total. The van der Waals surface area contributed by atoms with Crippen LogP contribution in [0.5, 0.6) is 0 Å². The van der Waals surface area contributed by atoms with Gasteiger partial charge in [-0.2, -0.15) is 0 Å². The predicted octanol–water partition coefficient (Wildman–Crippen LogP) is 4.37. The molecule has 1 atom stereocenters. The monoisotopic (exact) mass is 387 g/mol. The highest BCUT2D eigenvalue weighted by Gasteiger charge is 2.37. The van der Waals surface area contributed by atoms with Gasteiger partial charge >= 0.3 is 0 Å². The van der Waals surface area contributed by atoms with Crippen molar-refractivity contribution in [2.24, 2.45) is 0 Å². The van der Waals surface area contributed by atoms with E-state index in [1.54, 1.807) is 24.3 Å². The van der Waals surface area contributed by atoms with E-state index >= 15 is 0 Å². The lowest BCUT2D eigenvalue weighted by Crippen LogP contribution is -2.46. The molecule has 0 aromatic heterocycles. The smallest absolute Gasteiger partial charge is 0.267 e. The molecule has 136 valence electrons. The van der Waals surface area contributed by atoms with E-state index in [1.807, 2.05) is 44.2 Å². The first-order valence-corrected chi connectivity index (χ1v) is 10.8. The van der Waals surface area contributed by atoms with Crippen LogP contribution in [0.3, 0.4) is 0 Å². The average molecular weight is 388 g/mol. The van der Waals surface area contributed by atoms with E-state index in [-0.39, 0.29) is 10.9 Å². The van der Waals surface area contributed by atoms with Gasteiger partial charge in [0.2, 0.25) is 0 Å². The Bertz CT molecular complexity index is 919. The van der Waals surface area contributed by atoms with Crippen LogP contribution in [-0.4, -0.2) is 24.7 Å². The second-order valence-electron chi connectivity index (χ2n) is 6.24. The Hall–Kier alpha value is -2.05. The highest BCUT2D eigenvalue weighted by molar-refractivity contribution is 8.03. The molecular weight excluding hydrogens is 366 g/mol. The molecule has 0 saturated carbocycles. The zero-order chi connectivity index (χ0) is 18.7. The van der Waals surface area contributed by atoms with Gasteiger partial charge in [0.15, 0.2) is 0 Å². The van der Waals surface area contributed by atoms with Gasteiger partial charge in [-0.3, -0.25) is 4.79 Å². The average Bonchev–Trinajstić information content (AvgIpc) is 2.62. The zero-order valence-electron chi connectivity index (χ0n) is 14.8. The highest BCUT2D eigenvalue weighted by Crippen LogP contribution is 2.36. The molecule has 0 bridgehead atoms. The molecule has 2 aromatic rings. The molecule has 1 heterocycles. The van der Waals surface area contributed by atoms with Gasteiger partial charge in [0.05, 0.1) is 10.9 Å². The fraction of sp³-hybridized carbons (Fsp3) is 0.250. The number of rotatable bonds is 5. The van der Waals surface area contributed by atoms with Crippen molar-refractivity contribution < 1.29 is 13.2 Å². The minimum Gasteiger partial charge on any atom is -0.269 e. The summed E-state index contributed by atoms with van der Waals surface area (Å²) in [7, 11) is -3.86. The van der Waals surface area contributed by atoms with Crippen molar-refractivity contribution in [3.05, 3.63) is 71.1 Å². The normalized spacial score (nSPS) is 17.9. The molecule has 0 fully saturated rings. The van der Waals surface area contributed by atoms with E-state index in [4.69, 9.17) is 0 Å². The molecule has 0 radical (unpaired) electrons. The van der Waals surface area contributed by atoms with E-state index in [0.717, 1.165) is 19.7 Å². The van der Waals surface area contributed by atoms with Gasteiger partial charge in [-0.25, -0.2) is 12.7 Å². The summed E-state index contributed by atoms with van der Waals surface area (Å²) in [6.07, 6.45) is 2.56. The first-order chi connectivity index (χ1) is 12.4. The third-order valence-corrected chi connectivity index (χ3v) is 7.23. The van der Waals surface area contributed by atoms with Crippen molar-refractivity contribution in [1.29, 1.82) is 0 Å². The number of hydrogen-bond donors (Lipinski definition) is 0. The van der Waals surface area contributed by atoms with Gasteiger partial charge in [-0.05, 0) is 42.5 Å². The Morgan fingerprint density at radius 2 is 1.73 bits per heavy atom. The van der Waals surface area contributed by atoms with E-state index < -0.39 is 15.9 Å². The van der Waals surface area contributed by atoms with Crippen LogP contribution >= 0.6 is 11.8 Å². The van der Waals surface area contributed by atoms with Crippen LogP contribution < -0.4 is 0 Å². The van der Waals surface area contributed by atoms with Crippen LogP contribution in [0.25, 0.3) is 0 Å². The lowest BCUT2D eigenvalue weighted by Gasteiger charge is -2.33. The van der Waals surface area contributed by atoms with Crippen LogP contribution in [0.1, 0.15) is 25.3 Å². The molecule has 1 aliphatic heterocycles. The van der Waals surface area contributed by atoms with Crippen LogP contribution in [0.15, 0.2) is 75.4 Å². The van der Waals surface area contributed by atoms with Crippen molar-refractivity contribution in [1.82, 2.24) is 4.31 Å². The number of nitrogens with zero attached hydrogens (tertiary/aromatic N) is 1. The van der Waals surface area contributed by atoms with Gasteiger partial charge in [-0.15, -0.1) is 0 Å². The van der Waals surface area contributed by atoms with Gasteiger partial charge in [0.25, 0.3) is 15.9 Å². The molecule has 1 aliphatic rings. The van der Waals surface area contributed by atoms with Crippen LogP contribution in [-0.2, 0) is 14.8 Å². The third kappa shape index (κ3) is 3.86. The van der Waals surface area contributed by atoms with Gasteiger partial charge in [0, 0.05) is 17.4 Å². The van der Waals surface area contributed by atoms with Crippen molar-refractivity contribution in [3.63, 3.8) is 0 Å². The molecule has 1 unspecified atom stereocenters. The number of sulfonamides is 1. The summed E-state index contributed by atoms with van der Waals surface area (Å²) in [4.78, 5) is 14.8. The number of carbonyl (C=O) groups is 1. The minimum atomic E-state index is -3.86. The minimum absolute atomic E-state index is 0.155. The SMILES string of the molecule is CCC1CC(Sc2ccccc2)=CC(=O)N1S(=O)(=O)c1ccc(C)cc1. The largest absolute Gasteiger partial charge is 0.269 e. The van der Waals surface area contributed by atoms with Crippen LogP contribution in [0.4, 0.5) is 0 Å². The number of hydrogen-bond acceptors (Lipinski definition) is 4. The maximum absolute atomic E-state index is 13.0. The lowest BCUT2D eigenvalue weighted by molar-refractivity contribution is -0.123. The molecule has 26 heavy (non-hydrogen) atoms. The van der Waals surface area contributed by atoms with Crippen LogP contribution in [0, 0.1) is 6.92 Å². The number of thioether (sulfide) groups is 1. The van der Waals surface area contributed by atoms with E-state index in [0.29, 0.717) is 12.8 Å². The van der Waals surface area contributed by atoms with Gasteiger partial charge in [-0.1, -0.05) is 54.6 Å². The molecular formula is C20H21NO3S2. The Morgan fingerprint density at radius 1 is 1.08 bits per heavy atom. The Balaban J connectivity index is 1.91. The second kappa shape index (κ2) is 7.68. The lowest BCUT2D eigenvalue weighted by atomic mass is 10.1. The Kier molecular flexibility index (Phi) is 5.53. The summed E-state index contributed by atoms with van der Waals surface area (Å²) in [6.45, 7) is 3.80. The molecule has 0 spiro atoms. The molecule has 6 heteroatoms. The molecule has 4 nitrogen and oxygen atoms in total. The maximum Gasteiger partial charge on any atom is 0.267 e. The van der Waals surface area contributed by atoms with E-state index in [2.05, 4.69) is 0 Å². The van der Waals surface area contributed by atoms with Gasteiger partial charge in [0.1, 0.15) is 0 Å². The summed E-state index contributed by atoms with van der Waals surface area (Å²) < 4.78 is 27.1. The summed E-state index contributed by atoms with van der Waals surface area (Å²) in [5.74, 6) is -0.470. The third-order valence-electron chi connectivity index (χ3n) is 4.31. The molecule has 1 amide bonds. The van der Waals surface area contributed by atoms with Crippen molar-refractivity contribution in [2.75, 3.05) is 0 Å². The summed E-state index contributed by atoms with van der Waals surface area (Å²) in [5, 5.41) is 0. The van der Waals surface area contributed by atoms with Crippen LogP contribution in [0.2, 0.25) is 0 Å². The maximum atomic E-state index is 13.0. The molecule has 2 aromatic carbocycles. The van der Waals surface area contributed by atoms with E-state index in [9.17, 15) is 13.2 Å². The predicted molar refractivity (Wildman–Crippen MR) is 104 cm³/mol. The van der Waals surface area contributed by atoms with Crippen molar-refractivity contribution >= 4 is 27.7 Å². The number of aryl methyl sites for hydroxylation is 1. The number of amides is 1. The van der Waals surface area contributed by atoms with Gasteiger partial charge < -0.3 is 0 Å². The second-order valence-corrected chi connectivity index (χ2v) is 9.26. The topological polar surface area (TPSA) is 54.5 Å². The summed E-state index contributed by atoms with van der Waals surface area (Å²) >= 11 is 1.52. The molecule has 0 aliphatic carbocycles. The van der Waals surface area contributed by atoms with Crippen molar-refractivity contribution in [2.45, 2.75) is 42.5 Å². The summed E-state index contributed by atoms with van der Waals surface area (Å²) in [6, 6.07) is 16.0. The molecule has 0 saturated heterocycles. The number of carbonyl (C=O) groups excluding carboxylic acids is 1. The standard InChI is InChI=1S/C20H21NO3S2/c1-3-16-13-18(25-17-7-5-4-6-8-17)14-20(22)21(16)26(23,24)19-11-9-15(2)10-12-19/h4-12,14,16H,3,13H2,1-2H3. The Labute approximate surface area is 159 Å². The quantitative estimate of drug-likeness (QED) is 0.764.